The van der Waals surface area contributed by atoms with E-state index in [1.165, 1.54) is 16.8 Å². The predicted molar refractivity (Wildman–Crippen MR) is 86.0 cm³/mol. The number of hydrogen-bond acceptors (Lipinski definition) is 3. The molecule has 1 aromatic heterocycles. The molecule has 0 aliphatic heterocycles. The lowest BCUT2D eigenvalue weighted by molar-refractivity contribution is 0.390. The third-order valence-corrected chi connectivity index (χ3v) is 4.91. The zero-order chi connectivity index (χ0) is 14.8. The van der Waals surface area contributed by atoms with Crippen LogP contribution < -0.4 is 4.90 Å². The molecule has 1 aliphatic rings. The highest BCUT2D eigenvalue weighted by Gasteiger charge is 2.31. The molecular weight excluding hydrogens is 260 g/mol. The van der Waals surface area contributed by atoms with Crippen molar-refractivity contribution in [2.45, 2.75) is 45.4 Å². The normalized spacial score (nSPS) is 21.1. The number of fused-ring (bicyclic) bond motifs is 1. The van der Waals surface area contributed by atoms with Crippen molar-refractivity contribution in [3.8, 4) is 0 Å². The lowest BCUT2D eigenvalue weighted by atomic mass is 9.74. The second-order valence-electron chi connectivity index (χ2n) is 5.89. The van der Waals surface area contributed by atoms with Gasteiger partial charge in [-0.25, -0.2) is 0 Å². The van der Waals surface area contributed by atoms with E-state index in [-0.39, 0.29) is 0 Å². The van der Waals surface area contributed by atoms with Crippen LogP contribution in [0.5, 0.6) is 0 Å². The highest BCUT2D eigenvalue weighted by Crippen LogP contribution is 2.44. The number of rotatable bonds is 4. The Balaban J connectivity index is 1.94. The van der Waals surface area contributed by atoms with Gasteiger partial charge in [-0.15, -0.1) is 0 Å². The molecule has 1 heterocycles. The van der Waals surface area contributed by atoms with Crippen LogP contribution in [0.4, 0.5) is 5.69 Å². The number of hydrogen-bond donors (Lipinski definition) is 0. The summed E-state index contributed by atoms with van der Waals surface area (Å²) in [6, 6.07) is 8.81. The molecule has 21 heavy (non-hydrogen) atoms. The van der Waals surface area contributed by atoms with Crippen molar-refractivity contribution in [3.63, 3.8) is 0 Å². The second kappa shape index (κ2) is 5.92. The Morgan fingerprint density at radius 3 is 2.76 bits per heavy atom. The second-order valence-corrected chi connectivity index (χ2v) is 5.89. The molecule has 1 aliphatic carbocycles. The molecule has 0 amide bonds. The molecule has 0 spiro atoms. The van der Waals surface area contributed by atoms with Crippen LogP contribution >= 0.6 is 0 Å². The minimum absolute atomic E-state index is 0.453. The molecule has 3 rings (SSSR count). The van der Waals surface area contributed by atoms with E-state index in [1.54, 1.807) is 0 Å². The minimum atomic E-state index is 0.453. The number of anilines is 1. The molecule has 2 unspecified atom stereocenters. The van der Waals surface area contributed by atoms with Crippen LogP contribution in [0.3, 0.4) is 0 Å². The van der Waals surface area contributed by atoms with Gasteiger partial charge in [-0.2, -0.15) is 0 Å². The summed E-state index contributed by atoms with van der Waals surface area (Å²) < 4.78 is 5.33. The predicted octanol–water partition coefficient (Wildman–Crippen LogP) is 4.35. The number of aryl methyl sites for hydroxylation is 1. The summed E-state index contributed by atoms with van der Waals surface area (Å²) in [4.78, 5) is 2.33. The average molecular weight is 284 g/mol. The van der Waals surface area contributed by atoms with E-state index in [0.717, 1.165) is 31.6 Å². The summed E-state index contributed by atoms with van der Waals surface area (Å²) >= 11 is 0. The summed E-state index contributed by atoms with van der Waals surface area (Å²) in [6.45, 7) is 8.66. The SMILES string of the molecule is CCN(CC)c1conc1C1CCc2ccccc2C1C. The molecule has 0 saturated carbocycles. The Morgan fingerprint density at radius 1 is 1.24 bits per heavy atom. The van der Waals surface area contributed by atoms with Crippen molar-refractivity contribution in [1.82, 2.24) is 5.16 Å². The molecule has 3 nitrogen and oxygen atoms in total. The van der Waals surface area contributed by atoms with E-state index >= 15 is 0 Å². The molecule has 0 fully saturated rings. The summed E-state index contributed by atoms with van der Waals surface area (Å²) in [6.07, 6.45) is 4.10. The first kappa shape index (κ1) is 14.2. The Morgan fingerprint density at radius 2 is 2.00 bits per heavy atom. The number of nitrogens with zero attached hydrogens (tertiary/aromatic N) is 2. The Labute approximate surface area is 126 Å². The molecule has 2 aromatic rings. The molecule has 1 aromatic carbocycles. The first-order chi connectivity index (χ1) is 10.3. The lowest BCUT2D eigenvalue weighted by Gasteiger charge is -2.31. The zero-order valence-corrected chi connectivity index (χ0v) is 13.2. The van der Waals surface area contributed by atoms with Crippen molar-refractivity contribution in [2.75, 3.05) is 18.0 Å². The molecule has 0 bridgehead atoms. The lowest BCUT2D eigenvalue weighted by Crippen LogP contribution is -2.25. The summed E-state index contributed by atoms with van der Waals surface area (Å²) in [7, 11) is 0. The smallest absolute Gasteiger partial charge is 0.147 e. The largest absolute Gasteiger partial charge is 0.368 e. The van der Waals surface area contributed by atoms with Gasteiger partial charge in [0, 0.05) is 19.0 Å². The van der Waals surface area contributed by atoms with E-state index in [2.05, 4.69) is 55.1 Å². The van der Waals surface area contributed by atoms with Gasteiger partial charge in [-0.3, -0.25) is 0 Å². The van der Waals surface area contributed by atoms with Crippen LogP contribution in [0.1, 0.15) is 55.8 Å². The van der Waals surface area contributed by atoms with Gasteiger partial charge < -0.3 is 9.42 Å². The third kappa shape index (κ3) is 2.45. The van der Waals surface area contributed by atoms with Crippen LogP contribution in [0, 0.1) is 0 Å². The van der Waals surface area contributed by atoms with Crippen molar-refractivity contribution in [3.05, 3.63) is 47.3 Å². The van der Waals surface area contributed by atoms with Gasteiger partial charge >= 0.3 is 0 Å². The molecule has 0 N–H and O–H groups in total. The standard InChI is InChI=1S/C18H24N2O/c1-4-20(5-2)17-12-21-19-18(17)16-11-10-14-8-6-7-9-15(14)13(16)3/h6-9,12-13,16H,4-5,10-11H2,1-3H3. The maximum atomic E-state index is 5.33. The van der Waals surface area contributed by atoms with E-state index in [1.807, 2.05) is 6.26 Å². The first-order valence-electron chi connectivity index (χ1n) is 8.03. The average Bonchev–Trinajstić information content (AvgIpc) is 2.98. The molecule has 2 atom stereocenters. The van der Waals surface area contributed by atoms with E-state index in [4.69, 9.17) is 4.52 Å². The maximum absolute atomic E-state index is 5.33. The molecule has 112 valence electrons. The monoisotopic (exact) mass is 284 g/mol. The Kier molecular flexibility index (Phi) is 4.00. The zero-order valence-electron chi connectivity index (χ0n) is 13.2. The van der Waals surface area contributed by atoms with Crippen LogP contribution in [-0.4, -0.2) is 18.2 Å². The van der Waals surface area contributed by atoms with E-state index in [0.29, 0.717) is 11.8 Å². The fourth-order valence-electron chi connectivity index (χ4n) is 3.66. The molecule has 3 heteroatoms. The van der Waals surface area contributed by atoms with Crippen LogP contribution in [-0.2, 0) is 6.42 Å². The highest BCUT2D eigenvalue weighted by atomic mass is 16.5. The maximum Gasteiger partial charge on any atom is 0.147 e. The van der Waals surface area contributed by atoms with Crippen LogP contribution in [0.15, 0.2) is 35.1 Å². The fourth-order valence-corrected chi connectivity index (χ4v) is 3.66. The number of benzene rings is 1. The number of aromatic nitrogens is 1. The van der Waals surface area contributed by atoms with Gasteiger partial charge in [0.25, 0.3) is 0 Å². The van der Waals surface area contributed by atoms with Crippen LogP contribution in [0.25, 0.3) is 0 Å². The Bertz CT molecular complexity index is 601. The molecule has 0 saturated heterocycles. The Hall–Kier alpha value is -1.77. The topological polar surface area (TPSA) is 29.3 Å². The van der Waals surface area contributed by atoms with Gasteiger partial charge in [0.2, 0.25) is 0 Å². The summed E-state index contributed by atoms with van der Waals surface area (Å²) in [5.41, 5.74) is 5.29. The first-order valence-corrected chi connectivity index (χ1v) is 8.03. The van der Waals surface area contributed by atoms with Gasteiger partial charge in [0.05, 0.1) is 0 Å². The quantitative estimate of drug-likeness (QED) is 0.835. The van der Waals surface area contributed by atoms with E-state index in [9.17, 15) is 0 Å². The van der Waals surface area contributed by atoms with Gasteiger partial charge in [-0.1, -0.05) is 36.3 Å². The molecule has 0 radical (unpaired) electrons. The fraction of sp³-hybridized carbons (Fsp3) is 0.500. The summed E-state index contributed by atoms with van der Waals surface area (Å²) in [5, 5.41) is 4.36. The van der Waals surface area contributed by atoms with Gasteiger partial charge in [-0.05, 0) is 43.7 Å². The van der Waals surface area contributed by atoms with E-state index < -0.39 is 0 Å². The van der Waals surface area contributed by atoms with Gasteiger partial charge in [0.1, 0.15) is 17.6 Å². The third-order valence-electron chi connectivity index (χ3n) is 4.91. The van der Waals surface area contributed by atoms with Gasteiger partial charge in [0.15, 0.2) is 0 Å². The van der Waals surface area contributed by atoms with Crippen molar-refractivity contribution < 1.29 is 4.52 Å². The van der Waals surface area contributed by atoms with Crippen molar-refractivity contribution in [1.29, 1.82) is 0 Å². The minimum Gasteiger partial charge on any atom is -0.368 e. The van der Waals surface area contributed by atoms with Crippen LogP contribution in [0.2, 0.25) is 0 Å². The highest BCUT2D eigenvalue weighted by molar-refractivity contribution is 5.51. The molecular formula is C18H24N2O. The van der Waals surface area contributed by atoms with Crippen molar-refractivity contribution >= 4 is 5.69 Å². The summed E-state index contributed by atoms with van der Waals surface area (Å²) in [5.74, 6) is 0.948. The van der Waals surface area contributed by atoms with Crippen molar-refractivity contribution in [2.24, 2.45) is 0 Å².